The number of amides is 1. The first-order valence-corrected chi connectivity index (χ1v) is 8.71. The highest BCUT2D eigenvalue weighted by Crippen LogP contribution is 2.40. The number of carbonyl (C=O) groups is 1. The van der Waals surface area contributed by atoms with Gasteiger partial charge in [-0.1, -0.05) is 0 Å². The molecule has 0 saturated carbocycles. The molecule has 116 valence electrons. The van der Waals surface area contributed by atoms with Crippen LogP contribution < -0.4 is 0 Å². The second-order valence-electron chi connectivity index (χ2n) is 6.07. The summed E-state index contributed by atoms with van der Waals surface area (Å²) in [5.41, 5.74) is 0.399. The van der Waals surface area contributed by atoms with E-state index >= 15 is 0 Å². The van der Waals surface area contributed by atoms with Crippen molar-refractivity contribution in [2.24, 2.45) is 12.5 Å². The van der Waals surface area contributed by atoms with Gasteiger partial charge in [0, 0.05) is 44.8 Å². The number of imidazole rings is 1. The summed E-state index contributed by atoms with van der Waals surface area (Å²) in [7, 11) is -1.29. The van der Waals surface area contributed by atoms with Crippen LogP contribution in [0.4, 0.5) is 0 Å². The second kappa shape index (κ2) is 4.81. The third-order valence-electron chi connectivity index (χ3n) is 4.43. The highest BCUT2D eigenvalue weighted by atomic mass is 32.2. The largest absolute Gasteiger partial charge is 0.340 e. The van der Waals surface area contributed by atoms with E-state index in [0.717, 1.165) is 6.42 Å². The van der Waals surface area contributed by atoms with E-state index in [2.05, 4.69) is 4.98 Å². The molecule has 3 heterocycles. The zero-order valence-corrected chi connectivity index (χ0v) is 13.1. The monoisotopic (exact) mass is 312 g/mol. The Balaban J connectivity index is 1.62. The Bertz CT molecular complexity index is 661. The van der Waals surface area contributed by atoms with Crippen LogP contribution in [-0.2, 0) is 17.1 Å². The lowest BCUT2D eigenvalue weighted by Crippen LogP contribution is -2.59. The number of nitrogens with zero attached hydrogens (tertiary/aromatic N) is 4. The van der Waals surface area contributed by atoms with Gasteiger partial charge in [0.1, 0.15) is 5.69 Å². The lowest BCUT2D eigenvalue weighted by atomic mass is 9.79. The van der Waals surface area contributed by atoms with E-state index in [9.17, 15) is 13.2 Å². The number of rotatable bonds is 3. The van der Waals surface area contributed by atoms with Crippen molar-refractivity contribution in [3.63, 3.8) is 0 Å². The Hall–Kier alpha value is -1.41. The van der Waals surface area contributed by atoms with Crippen LogP contribution >= 0.6 is 0 Å². The Labute approximate surface area is 124 Å². The molecule has 1 amide bonds. The van der Waals surface area contributed by atoms with Crippen LogP contribution in [0, 0.1) is 5.41 Å². The predicted octanol–water partition coefficient (Wildman–Crippen LogP) is -0.0823. The fourth-order valence-corrected chi connectivity index (χ4v) is 4.37. The van der Waals surface area contributed by atoms with E-state index < -0.39 is 10.0 Å². The maximum atomic E-state index is 12.2. The molecular formula is C13H20N4O3S. The van der Waals surface area contributed by atoms with E-state index in [-0.39, 0.29) is 17.1 Å². The molecule has 21 heavy (non-hydrogen) atoms. The molecule has 0 aromatic carbocycles. The van der Waals surface area contributed by atoms with Gasteiger partial charge in [0.15, 0.2) is 0 Å². The molecule has 3 rings (SSSR count). The molecule has 0 aliphatic carbocycles. The number of carbonyl (C=O) groups excluding carboxylic acids is 1. The summed E-state index contributed by atoms with van der Waals surface area (Å²) in [5, 5.41) is 0. The van der Waals surface area contributed by atoms with Crippen LogP contribution in [0.25, 0.3) is 0 Å². The first-order chi connectivity index (χ1) is 9.85. The van der Waals surface area contributed by atoms with Gasteiger partial charge in [0.25, 0.3) is 5.91 Å². The summed E-state index contributed by atoms with van der Waals surface area (Å²) in [6, 6.07) is 0. The van der Waals surface area contributed by atoms with Crippen molar-refractivity contribution in [3.8, 4) is 0 Å². The van der Waals surface area contributed by atoms with E-state index in [1.807, 2.05) is 7.05 Å². The molecule has 0 N–H and O–H groups in total. The van der Waals surface area contributed by atoms with Crippen LogP contribution in [-0.4, -0.2) is 65.0 Å². The molecule has 0 atom stereocenters. The number of likely N-dealkylation sites (tertiary alicyclic amines) is 1. The Kier molecular flexibility index (Phi) is 3.32. The van der Waals surface area contributed by atoms with Gasteiger partial charge in [0.05, 0.1) is 12.1 Å². The molecule has 2 aliphatic rings. The van der Waals surface area contributed by atoms with Crippen LogP contribution in [0.1, 0.15) is 23.8 Å². The van der Waals surface area contributed by atoms with E-state index in [1.165, 1.54) is 0 Å². The van der Waals surface area contributed by atoms with Crippen molar-refractivity contribution >= 4 is 15.9 Å². The molecular weight excluding hydrogens is 292 g/mol. The lowest BCUT2D eigenvalue weighted by molar-refractivity contribution is 0.0132. The minimum absolute atomic E-state index is 0.0489. The van der Waals surface area contributed by atoms with Crippen LogP contribution in [0.2, 0.25) is 0 Å². The number of sulfonamides is 1. The maximum absolute atomic E-state index is 12.2. The molecule has 0 bridgehead atoms. The molecule has 7 nitrogen and oxygen atoms in total. The van der Waals surface area contributed by atoms with Crippen LogP contribution in [0.15, 0.2) is 12.5 Å². The zero-order chi connectivity index (χ0) is 15.3. The molecule has 1 spiro atoms. The normalized spacial score (nSPS) is 21.7. The minimum Gasteiger partial charge on any atom is -0.340 e. The molecule has 1 aromatic heterocycles. The fraction of sp³-hybridized carbons (Fsp3) is 0.692. The van der Waals surface area contributed by atoms with Gasteiger partial charge in [-0.3, -0.25) is 4.79 Å². The molecule has 2 fully saturated rings. The summed E-state index contributed by atoms with van der Waals surface area (Å²) in [5.74, 6) is 0.0673. The van der Waals surface area contributed by atoms with Gasteiger partial charge < -0.3 is 9.47 Å². The number of aromatic nitrogens is 2. The highest BCUT2D eigenvalue weighted by Gasteiger charge is 2.51. The lowest BCUT2D eigenvalue weighted by Gasteiger charge is -2.47. The minimum atomic E-state index is -3.12. The van der Waals surface area contributed by atoms with Crippen LogP contribution in [0.5, 0.6) is 0 Å². The van der Waals surface area contributed by atoms with Gasteiger partial charge in [-0.2, -0.15) is 0 Å². The topological polar surface area (TPSA) is 75.5 Å². The molecule has 0 radical (unpaired) electrons. The van der Waals surface area contributed by atoms with E-state index in [0.29, 0.717) is 31.9 Å². The summed E-state index contributed by atoms with van der Waals surface area (Å²) < 4.78 is 27.1. The fourth-order valence-electron chi connectivity index (χ4n) is 3.16. The summed E-state index contributed by atoms with van der Waals surface area (Å²) in [6.07, 6.45) is 4.14. The summed E-state index contributed by atoms with van der Waals surface area (Å²) in [4.78, 5) is 18.1. The molecule has 2 aliphatic heterocycles. The Morgan fingerprint density at radius 3 is 2.67 bits per heavy atom. The highest BCUT2D eigenvalue weighted by molar-refractivity contribution is 7.89. The van der Waals surface area contributed by atoms with Crippen molar-refractivity contribution in [3.05, 3.63) is 18.2 Å². The van der Waals surface area contributed by atoms with Crippen molar-refractivity contribution in [1.29, 1.82) is 0 Å². The third-order valence-corrected chi connectivity index (χ3v) is 6.25. The van der Waals surface area contributed by atoms with Gasteiger partial charge in [0.2, 0.25) is 10.0 Å². The van der Waals surface area contributed by atoms with Gasteiger partial charge in [-0.15, -0.1) is 0 Å². The van der Waals surface area contributed by atoms with Gasteiger partial charge in [-0.25, -0.2) is 17.7 Å². The standard InChI is InChI=1S/C13H20N4O3S/c1-3-21(19,20)17-5-4-13(9-17)7-16(8-13)12(18)11-6-15(2)10-14-11/h6,10H,3-5,7-9H2,1-2H3. The molecule has 0 unspecified atom stereocenters. The quantitative estimate of drug-likeness (QED) is 0.782. The molecule has 2 saturated heterocycles. The zero-order valence-electron chi connectivity index (χ0n) is 12.3. The number of hydrogen-bond donors (Lipinski definition) is 0. The molecule has 1 aromatic rings. The predicted molar refractivity (Wildman–Crippen MR) is 77.2 cm³/mol. The van der Waals surface area contributed by atoms with Crippen molar-refractivity contribution in [2.45, 2.75) is 13.3 Å². The van der Waals surface area contributed by atoms with E-state index in [4.69, 9.17) is 0 Å². The van der Waals surface area contributed by atoms with Gasteiger partial charge >= 0.3 is 0 Å². The van der Waals surface area contributed by atoms with Gasteiger partial charge in [-0.05, 0) is 13.3 Å². The average molecular weight is 312 g/mol. The van der Waals surface area contributed by atoms with Crippen molar-refractivity contribution in [2.75, 3.05) is 31.9 Å². The Morgan fingerprint density at radius 1 is 1.38 bits per heavy atom. The van der Waals surface area contributed by atoms with Crippen LogP contribution in [0.3, 0.4) is 0 Å². The molecule has 8 heteroatoms. The number of hydrogen-bond acceptors (Lipinski definition) is 4. The second-order valence-corrected chi connectivity index (χ2v) is 8.33. The van der Waals surface area contributed by atoms with Crippen molar-refractivity contribution in [1.82, 2.24) is 18.8 Å². The SMILES string of the molecule is CCS(=O)(=O)N1CCC2(CN(C(=O)c3cn(C)cn3)C2)C1. The summed E-state index contributed by atoms with van der Waals surface area (Å²) >= 11 is 0. The number of aryl methyl sites for hydroxylation is 1. The Morgan fingerprint density at radius 2 is 2.10 bits per heavy atom. The summed E-state index contributed by atoms with van der Waals surface area (Å²) in [6.45, 7) is 4.02. The van der Waals surface area contributed by atoms with Crippen molar-refractivity contribution < 1.29 is 13.2 Å². The average Bonchev–Trinajstić information content (AvgIpc) is 3.03. The van der Waals surface area contributed by atoms with E-state index in [1.54, 1.807) is 33.2 Å². The smallest absolute Gasteiger partial charge is 0.274 e. The third kappa shape index (κ3) is 2.46. The first-order valence-electron chi connectivity index (χ1n) is 7.10. The first kappa shape index (κ1) is 14.5. The maximum Gasteiger partial charge on any atom is 0.274 e.